The SMILES string of the molecule is COC(=O)c1ccc(CNC(=O)I)cc1. The van der Waals surface area contributed by atoms with Crippen LogP contribution in [0.25, 0.3) is 0 Å². The van der Waals surface area contributed by atoms with E-state index in [1.165, 1.54) is 7.11 Å². The lowest BCUT2D eigenvalue weighted by Gasteiger charge is -2.03. The minimum absolute atomic E-state index is 0.107. The van der Waals surface area contributed by atoms with Gasteiger partial charge in [-0.3, -0.25) is 4.79 Å². The van der Waals surface area contributed by atoms with Crippen molar-refractivity contribution in [1.82, 2.24) is 5.32 Å². The second-order valence-corrected chi connectivity index (χ2v) is 3.80. The molecule has 0 aliphatic rings. The van der Waals surface area contributed by atoms with E-state index in [4.69, 9.17) is 0 Å². The summed E-state index contributed by atoms with van der Waals surface area (Å²) in [7, 11) is 1.34. The number of amides is 1. The predicted octanol–water partition coefficient (Wildman–Crippen LogP) is 2.12. The van der Waals surface area contributed by atoms with Crippen LogP contribution in [0.1, 0.15) is 15.9 Å². The third-order valence-corrected chi connectivity index (χ3v) is 2.19. The van der Waals surface area contributed by atoms with Gasteiger partial charge >= 0.3 is 5.97 Å². The lowest BCUT2D eigenvalue weighted by molar-refractivity contribution is 0.0600. The summed E-state index contributed by atoms with van der Waals surface area (Å²) in [5.74, 6) is -0.362. The van der Waals surface area contributed by atoms with E-state index in [-0.39, 0.29) is 9.88 Å². The zero-order chi connectivity index (χ0) is 11.3. The summed E-state index contributed by atoms with van der Waals surface area (Å²) < 4.78 is 4.46. The molecule has 0 aromatic heterocycles. The van der Waals surface area contributed by atoms with E-state index in [1.807, 2.05) is 0 Å². The molecular formula is C10H10INO3. The van der Waals surface area contributed by atoms with Crippen molar-refractivity contribution in [2.75, 3.05) is 7.11 Å². The second kappa shape index (κ2) is 5.69. The van der Waals surface area contributed by atoms with E-state index in [0.717, 1.165) is 5.56 Å². The van der Waals surface area contributed by atoms with Gasteiger partial charge in [0, 0.05) is 29.1 Å². The van der Waals surface area contributed by atoms with Gasteiger partial charge in [-0.2, -0.15) is 0 Å². The van der Waals surface area contributed by atoms with Crippen LogP contribution in [0.15, 0.2) is 24.3 Å². The molecule has 0 saturated heterocycles. The number of hydrogen-bond acceptors (Lipinski definition) is 3. The number of methoxy groups -OCH3 is 1. The summed E-state index contributed by atoms with van der Waals surface area (Å²) in [5, 5.41) is 2.66. The van der Waals surface area contributed by atoms with E-state index >= 15 is 0 Å². The fourth-order valence-electron chi connectivity index (χ4n) is 1.05. The molecule has 0 atom stereocenters. The molecule has 1 rings (SSSR count). The van der Waals surface area contributed by atoms with Crippen LogP contribution in [0, 0.1) is 0 Å². The topological polar surface area (TPSA) is 55.4 Å². The number of halogens is 1. The lowest BCUT2D eigenvalue weighted by atomic mass is 10.1. The summed E-state index contributed by atoms with van der Waals surface area (Å²) in [5.41, 5.74) is 1.44. The Morgan fingerprint density at radius 3 is 2.40 bits per heavy atom. The number of esters is 1. The standard InChI is InChI=1S/C10H10INO3/c1-15-9(13)8-4-2-7(3-5-8)6-12-10(11)14/h2-5H,6H2,1H3,(H,12,14). The van der Waals surface area contributed by atoms with Gasteiger partial charge in [-0.15, -0.1) is 0 Å². The van der Waals surface area contributed by atoms with E-state index < -0.39 is 0 Å². The van der Waals surface area contributed by atoms with Crippen molar-refractivity contribution in [2.45, 2.75) is 6.54 Å². The van der Waals surface area contributed by atoms with Crippen LogP contribution in [0.4, 0.5) is 4.79 Å². The first-order chi connectivity index (χ1) is 7.13. The van der Waals surface area contributed by atoms with E-state index in [0.29, 0.717) is 12.1 Å². The monoisotopic (exact) mass is 319 g/mol. The Kier molecular flexibility index (Phi) is 4.54. The smallest absolute Gasteiger partial charge is 0.337 e. The molecule has 0 radical (unpaired) electrons. The molecule has 5 heteroatoms. The molecule has 1 amide bonds. The van der Waals surface area contributed by atoms with Crippen LogP contribution in [0.5, 0.6) is 0 Å². The number of carbonyl (C=O) groups excluding carboxylic acids is 2. The molecule has 0 heterocycles. The van der Waals surface area contributed by atoms with Crippen LogP contribution < -0.4 is 5.32 Å². The Labute approximate surface area is 101 Å². The first-order valence-electron chi connectivity index (χ1n) is 4.24. The highest BCUT2D eigenvalue weighted by Gasteiger charge is 2.04. The number of rotatable bonds is 3. The third-order valence-electron chi connectivity index (χ3n) is 1.81. The van der Waals surface area contributed by atoms with Crippen molar-refractivity contribution >= 4 is 32.5 Å². The van der Waals surface area contributed by atoms with Crippen LogP contribution in [-0.4, -0.2) is 17.0 Å². The van der Waals surface area contributed by atoms with E-state index in [2.05, 4.69) is 10.1 Å². The van der Waals surface area contributed by atoms with Crippen molar-refractivity contribution in [3.8, 4) is 0 Å². The molecule has 0 saturated carbocycles. The second-order valence-electron chi connectivity index (χ2n) is 2.82. The Morgan fingerprint density at radius 1 is 1.33 bits per heavy atom. The highest BCUT2D eigenvalue weighted by atomic mass is 127. The number of ether oxygens (including phenoxy) is 1. The van der Waals surface area contributed by atoms with E-state index in [1.54, 1.807) is 46.9 Å². The van der Waals surface area contributed by atoms with Crippen LogP contribution in [0.3, 0.4) is 0 Å². The maximum Gasteiger partial charge on any atom is 0.337 e. The minimum Gasteiger partial charge on any atom is -0.465 e. The molecule has 0 unspecified atom stereocenters. The van der Waals surface area contributed by atoms with Gasteiger partial charge in [0.15, 0.2) is 0 Å². The van der Waals surface area contributed by atoms with Crippen LogP contribution in [-0.2, 0) is 11.3 Å². The summed E-state index contributed by atoms with van der Waals surface area (Å²) in [6.45, 7) is 0.462. The van der Waals surface area contributed by atoms with Crippen molar-refractivity contribution < 1.29 is 14.3 Å². The van der Waals surface area contributed by atoms with Gasteiger partial charge < -0.3 is 10.1 Å². The fourth-order valence-corrected chi connectivity index (χ4v) is 1.24. The average Bonchev–Trinajstić information content (AvgIpc) is 2.26. The highest BCUT2D eigenvalue weighted by molar-refractivity contribution is 14.1. The predicted molar refractivity (Wildman–Crippen MR) is 64.0 cm³/mol. The molecule has 1 aromatic rings. The largest absolute Gasteiger partial charge is 0.465 e. The van der Waals surface area contributed by atoms with Gasteiger partial charge in [0.25, 0.3) is 3.91 Å². The van der Waals surface area contributed by atoms with E-state index in [9.17, 15) is 9.59 Å². The number of benzene rings is 1. The van der Waals surface area contributed by atoms with Gasteiger partial charge in [-0.25, -0.2) is 4.79 Å². The molecule has 0 aliphatic carbocycles. The Bertz CT molecular complexity index is 361. The Hall–Kier alpha value is -1.11. The van der Waals surface area contributed by atoms with Crippen LogP contribution in [0.2, 0.25) is 0 Å². The first-order valence-corrected chi connectivity index (χ1v) is 5.32. The molecule has 1 N–H and O–H groups in total. The van der Waals surface area contributed by atoms with Crippen LogP contribution >= 0.6 is 22.6 Å². The fraction of sp³-hybridized carbons (Fsp3) is 0.200. The maximum atomic E-state index is 11.1. The molecule has 15 heavy (non-hydrogen) atoms. The minimum atomic E-state index is -0.362. The summed E-state index contributed by atoms with van der Waals surface area (Å²) in [6.07, 6.45) is 0. The van der Waals surface area contributed by atoms with Crippen molar-refractivity contribution in [3.63, 3.8) is 0 Å². The lowest BCUT2D eigenvalue weighted by Crippen LogP contribution is -2.14. The van der Waals surface area contributed by atoms with Gasteiger partial charge in [0.2, 0.25) is 0 Å². The van der Waals surface area contributed by atoms with Crippen molar-refractivity contribution in [2.24, 2.45) is 0 Å². The maximum absolute atomic E-state index is 11.1. The zero-order valence-electron chi connectivity index (χ0n) is 8.12. The quantitative estimate of drug-likeness (QED) is 0.402. The van der Waals surface area contributed by atoms with Crippen molar-refractivity contribution in [3.05, 3.63) is 35.4 Å². The summed E-state index contributed by atoms with van der Waals surface area (Å²) in [6, 6.07) is 6.89. The number of nitrogens with one attached hydrogen (secondary N) is 1. The molecule has 0 bridgehead atoms. The third kappa shape index (κ3) is 3.86. The molecule has 0 spiro atoms. The van der Waals surface area contributed by atoms with Gasteiger partial charge in [0.05, 0.1) is 12.7 Å². The normalized spacial score (nSPS) is 9.47. The average molecular weight is 319 g/mol. The number of hydrogen-bond donors (Lipinski definition) is 1. The highest BCUT2D eigenvalue weighted by Crippen LogP contribution is 2.05. The summed E-state index contributed by atoms with van der Waals surface area (Å²) >= 11 is 1.67. The number of carbonyl (C=O) groups is 2. The Balaban J connectivity index is 2.64. The molecule has 4 nitrogen and oxygen atoms in total. The van der Waals surface area contributed by atoms with Gasteiger partial charge in [-0.05, 0) is 17.7 Å². The first kappa shape index (κ1) is 12.0. The van der Waals surface area contributed by atoms with Crippen molar-refractivity contribution in [1.29, 1.82) is 0 Å². The molecule has 80 valence electrons. The molecule has 0 aliphatic heterocycles. The molecular weight excluding hydrogens is 309 g/mol. The van der Waals surface area contributed by atoms with Gasteiger partial charge in [-0.1, -0.05) is 12.1 Å². The van der Waals surface area contributed by atoms with Gasteiger partial charge in [0.1, 0.15) is 0 Å². The zero-order valence-corrected chi connectivity index (χ0v) is 10.3. The Morgan fingerprint density at radius 2 is 1.93 bits per heavy atom. The molecule has 0 fully saturated rings. The molecule has 1 aromatic carbocycles. The summed E-state index contributed by atoms with van der Waals surface area (Å²) in [4.78, 5) is 21.7.